The highest BCUT2D eigenvalue weighted by atomic mass is 35.5. The van der Waals surface area contributed by atoms with Crippen molar-refractivity contribution >= 4 is 17.3 Å². The van der Waals surface area contributed by atoms with Crippen molar-refractivity contribution in [3.63, 3.8) is 0 Å². The third kappa shape index (κ3) is 3.36. The van der Waals surface area contributed by atoms with Gasteiger partial charge in [0.25, 0.3) is 0 Å². The van der Waals surface area contributed by atoms with Gasteiger partial charge < -0.3 is 9.80 Å². The number of benzene rings is 1. The lowest BCUT2D eigenvalue weighted by atomic mass is 10.2. The molecule has 0 atom stereocenters. The van der Waals surface area contributed by atoms with E-state index in [4.69, 9.17) is 11.6 Å². The Kier molecular flexibility index (Phi) is 4.69. The van der Waals surface area contributed by atoms with Crippen LogP contribution in [0.3, 0.4) is 0 Å². The summed E-state index contributed by atoms with van der Waals surface area (Å²) in [6.07, 6.45) is 2.73. The van der Waals surface area contributed by atoms with Crippen LogP contribution in [-0.4, -0.2) is 38.1 Å². The highest BCUT2D eigenvalue weighted by Crippen LogP contribution is 2.20. The summed E-state index contributed by atoms with van der Waals surface area (Å²) in [6, 6.07) is 8.39. The minimum absolute atomic E-state index is 0.588. The van der Waals surface area contributed by atoms with Crippen LogP contribution in [0.15, 0.2) is 24.3 Å². The monoisotopic (exact) mass is 252 g/mol. The Bertz CT molecular complexity index is 348. The van der Waals surface area contributed by atoms with E-state index in [1.807, 2.05) is 0 Å². The van der Waals surface area contributed by atoms with Gasteiger partial charge in [-0.05, 0) is 37.6 Å². The lowest BCUT2D eigenvalue weighted by molar-refractivity contribution is 0.346. The van der Waals surface area contributed by atoms with E-state index in [0.717, 1.165) is 13.1 Å². The van der Waals surface area contributed by atoms with Crippen LogP contribution >= 0.6 is 11.6 Å². The smallest absolute Gasteiger partial charge is 0.0494 e. The quantitative estimate of drug-likeness (QED) is 0.744. The van der Waals surface area contributed by atoms with E-state index in [1.54, 1.807) is 0 Å². The summed E-state index contributed by atoms with van der Waals surface area (Å²) in [6.45, 7) is 4.77. The van der Waals surface area contributed by atoms with Crippen molar-refractivity contribution in [2.75, 3.05) is 38.1 Å². The second kappa shape index (κ2) is 6.27. The Morgan fingerprint density at radius 1 is 1.24 bits per heavy atom. The molecule has 0 amide bonds. The second-order valence-electron chi connectivity index (χ2n) is 4.73. The van der Waals surface area contributed by atoms with Crippen LogP contribution in [0.5, 0.6) is 0 Å². The summed E-state index contributed by atoms with van der Waals surface area (Å²) in [5.41, 5.74) is 2.49. The maximum Gasteiger partial charge on any atom is 0.0494 e. The lowest BCUT2D eigenvalue weighted by Crippen LogP contribution is -2.31. The number of anilines is 1. The maximum absolute atomic E-state index is 5.97. The number of likely N-dealkylation sites (N-methyl/N-ethyl adjacent to an activating group) is 1. The summed E-state index contributed by atoms with van der Waals surface area (Å²) in [5, 5.41) is 0. The summed E-state index contributed by atoms with van der Waals surface area (Å²) in [7, 11) is 2.15. The number of alkyl halides is 1. The zero-order valence-electron chi connectivity index (χ0n) is 10.5. The minimum atomic E-state index is 0.588. The number of likely N-dealkylation sites (tertiary alicyclic amines) is 1. The highest BCUT2D eigenvalue weighted by molar-refractivity contribution is 6.17. The molecule has 0 spiro atoms. The minimum Gasteiger partial charge on any atom is -0.373 e. The van der Waals surface area contributed by atoms with Gasteiger partial charge in [-0.25, -0.2) is 0 Å². The average molecular weight is 253 g/mol. The lowest BCUT2D eigenvalue weighted by Gasteiger charge is -2.24. The van der Waals surface area contributed by atoms with Gasteiger partial charge in [0, 0.05) is 31.7 Å². The number of para-hydroxylation sites is 1. The standard InChI is InChI=1S/C14H21ClN2/c1-16(10-11-17-8-4-5-9-17)14-7-3-2-6-13(14)12-15/h2-3,6-7H,4-5,8-12H2,1H3. The van der Waals surface area contributed by atoms with Gasteiger partial charge in [-0.3, -0.25) is 0 Å². The molecular weight excluding hydrogens is 232 g/mol. The molecule has 17 heavy (non-hydrogen) atoms. The van der Waals surface area contributed by atoms with Crippen molar-refractivity contribution in [2.45, 2.75) is 18.7 Å². The Morgan fingerprint density at radius 2 is 1.94 bits per heavy atom. The van der Waals surface area contributed by atoms with Crippen molar-refractivity contribution in [1.82, 2.24) is 4.90 Å². The number of rotatable bonds is 5. The number of hydrogen-bond donors (Lipinski definition) is 0. The van der Waals surface area contributed by atoms with Crippen LogP contribution in [0.25, 0.3) is 0 Å². The van der Waals surface area contributed by atoms with Gasteiger partial charge in [0.1, 0.15) is 0 Å². The first-order valence-corrected chi connectivity index (χ1v) is 6.92. The van der Waals surface area contributed by atoms with Gasteiger partial charge >= 0.3 is 0 Å². The summed E-state index contributed by atoms with van der Waals surface area (Å²) < 4.78 is 0. The fraction of sp³-hybridized carbons (Fsp3) is 0.571. The van der Waals surface area contributed by atoms with Crippen LogP contribution in [0.4, 0.5) is 5.69 Å². The molecule has 0 aromatic heterocycles. The Labute approximate surface area is 109 Å². The number of halogens is 1. The third-order valence-corrected chi connectivity index (χ3v) is 3.79. The fourth-order valence-electron chi connectivity index (χ4n) is 2.41. The van der Waals surface area contributed by atoms with E-state index in [-0.39, 0.29) is 0 Å². The molecule has 1 aromatic rings. The molecule has 2 rings (SSSR count). The summed E-state index contributed by atoms with van der Waals surface area (Å²) in [4.78, 5) is 4.86. The van der Waals surface area contributed by atoms with Gasteiger partial charge in [0.2, 0.25) is 0 Å². The predicted octanol–water partition coefficient (Wildman–Crippen LogP) is 2.96. The van der Waals surface area contributed by atoms with Crippen LogP contribution in [0.1, 0.15) is 18.4 Å². The van der Waals surface area contributed by atoms with E-state index in [1.165, 1.54) is 37.2 Å². The van der Waals surface area contributed by atoms with Gasteiger partial charge in [-0.1, -0.05) is 18.2 Å². The molecule has 0 bridgehead atoms. The first-order valence-electron chi connectivity index (χ1n) is 6.38. The van der Waals surface area contributed by atoms with E-state index in [2.05, 4.69) is 41.1 Å². The topological polar surface area (TPSA) is 6.48 Å². The normalized spacial score (nSPS) is 16.4. The van der Waals surface area contributed by atoms with Crippen molar-refractivity contribution in [3.05, 3.63) is 29.8 Å². The number of nitrogens with zero attached hydrogens (tertiary/aromatic N) is 2. The van der Waals surface area contributed by atoms with E-state index in [0.29, 0.717) is 5.88 Å². The first kappa shape index (κ1) is 12.7. The molecule has 1 aliphatic heterocycles. The van der Waals surface area contributed by atoms with E-state index in [9.17, 15) is 0 Å². The van der Waals surface area contributed by atoms with Crippen LogP contribution in [-0.2, 0) is 5.88 Å². The molecular formula is C14H21ClN2. The molecule has 1 heterocycles. The molecule has 0 saturated carbocycles. The van der Waals surface area contributed by atoms with Crippen LogP contribution < -0.4 is 4.90 Å². The Balaban J connectivity index is 1.91. The molecule has 0 unspecified atom stereocenters. The fourth-order valence-corrected chi connectivity index (χ4v) is 2.64. The molecule has 1 fully saturated rings. The van der Waals surface area contributed by atoms with E-state index < -0.39 is 0 Å². The maximum atomic E-state index is 5.97. The zero-order chi connectivity index (χ0) is 12.1. The van der Waals surface area contributed by atoms with Crippen molar-refractivity contribution in [1.29, 1.82) is 0 Å². The van der Waals surface area contributed by atoms with Gasteiger partial charge in [0.15, 0.2) is 0 Å². The second-order valence-corrected chi connectivity index (χ2v) is 5.00. The van der Waals surface area contributed by atoms with Gasteiger partial charge in [-0.2, -0.15) is 0 Å². The molecule has 0 N–H and O–H groups in total. The van der Waals surface area contributed by atoms with E-state index >= 15 is 0 Å². The molecule has 94 valence electrons. The molecule has 3 heteroatoms. The SMILES string of the molecule is CN(CCN1CCCC1)c1ccccc1CCl. The molecule has 0 radical (unpaired) electrons. The Morgan fingerprint density at radius 3 is 2.65 bits per heavy atom. The summed E-state index contributed by atoms with van der Waals surface area (Å²) >= 11 is 5.97. The summed E-state index contributed by atoms with van der Waals surface area (Å²) in [5.74, 6) is 0.588. The molecule has 1 aromatic carbocycles. The highest BCUT2D eigenvalue weighted by Gasteiger charge is 2.12. The van der Waals surface area contributed by atoms with Crippen molar-refractivity contribution in [3.8, 4) is 0 Å². The molecule has 0 aliphatic carbocycles. The molecule has 2 nitrogen and oxygen atoms in total. The Hall–Kier alpha value is -0.730. The first-order chi connectivity index (χ1) is 8.31. The molecule has 1 saturated heterocycles. The van der Waals surface area contributed by atoms with Gasteiger partial charge in [0.05, 0.1) is 0 Å². The predicted molar refractivity (Wildman–Crippen MR) is 74.9 cm³/mol. The van der Waals surface area contributed by atoms with Gasteiger partial charge in [-0.15, -0.1) is 11.6 Å². The van der Waals surface area contributed by atoms with Crippen LogP contribution in [0.2, 0.25) is 0 Å². The van der Waals surface area contributed by atoms with Crippen molar-refractivity contribution < 1.29 is 0 Å². The number of hydrogen-bond acceptors (Lipinski definition) is 2. The largest absolute Gasteiger partial charge is 0.373 e. The zero-order valence-corrected chi connectivity index (χ0v) is 11.3. The molecule has 1 aliphatic rings. The van der Waals surface area contributed by atoms with Crippen molar-refractivity contribution in [2.24, 2.45) is 0 Å². The third-order valence-electron chi connectivity index (χ3n) is 3.50. The van der Waals surface area contributed by atoms with Crippen LogP contribution in [0, 0.1) is 0 Å². The average Bonchev–Trinajstić information content (AvgIpc) is 2.89.